The van der Waals surface area contributed by atoms with Gasteiger partial charge in [-0.05, 0) is 30.7 Å². The highest BCUT2D eigenvalue weighted by Crippen LogP contribution is 2.29. The molecule has 0 aromatic heterocycles. The molecule has 0 radical (unpaired) electrons. The molecule has 1 atom stereocenters. The molecule has 148 valence electrons. The Morgan fingerprint density at radius 1 is 0.862 bits per heavy atom. The number of esters is 1. The van der Waals surface area contributed by atoms with Gasteiger partial charge in [0.25, 0.3) is 0 Å². The topological polar surface area (TPSA) is 84.0 Å². The van der Waals surface area contributed by atoms with E-state index < -0.39 is 11.9 Å². The Hall–Kier alpha value is -3.48. The van der Waals surface area contributed by atoms with E-state index in [1.165, 1.54) is 6.07 Å². The molecule has 0 aliphatic carbocycles. The Morgan fingerprint density at radius 3 is 2.28 bits per heavy atom. The third kappa shape index (κ3) is 3.89. The fraction of sp³-hybridized carbons (Fsp3) is 0.273. The molecule has 4 rings (SSSR count). The maximum Gasteiger partial charge on any atom is 0.316 e. The van der Waals surface area contributed by atoms with Crippen molar-refractivity contribution in [3.8, 4) is 5.75 Å². The SMILES string of the molecule is O=C(Oc1cccc(N2C(=O)CCCC2=O)c1)[C@@H]1CC(=O)N(c2ccccc2)C1. The predicted octanol–water partition coefficient (Wildman–Crippen LogP) is 2.69. The van der Waals surface area contributed by atoms with Crippen LogP contribution in [0.15, 0.2) is 54.6 Å². The minimum absolute atomic E-state index is 0.0799. The van der Waals surface area contributed by atoms with E-state index in [1.807, 2.05) is 30.3 Å². The number of anilines is 2. The van der Waals surface area contributed by atoms with Crippen molar-refractivity contribution in [2.24, 2.45) is 5.92 Å². The summed E-state index contributed by atoms with van der Waals surface area (Å²) in [6, 6.07) is 15.5. The van der Waals surface area contributed by atoms with Gasteiger partial charge in [0.2, 0.25) is 17.7 Å². The Labute approximate surface area is 167 Å². The summed E-state index contributed by atoms with van der Waals surface area (Å²) in [5.41, 5.74) is 1.13. The fourth-order valence-corrected chi connectivity index (χ4v) is 3.65. The lowest BCUT2D eigenvalue weighted by molar-refractivity contribution is -0.139. The van der Waals surface area contributed by atoms with Gasteiger partial charge in [-0.3, -0.25) is 24.1 Å². The van der Waals surface area contributed by atoms with Crippen LogP contribution < -0.4 is 14.5 Å². The second-order valence-electron chi connectivity index (χ2n) is 7.14. The van der Waals surface area contributed by atoms with Gasteiger partial charge in [0.05, 0.1) is 11.6 Å². The summed E-state index contributed by atoms with van der Waals surface area (Å²) in [4.78, 5) is 51.8. The monoisotopic (exact) mass is 392 g/mol. The molecule has 2 aromatic carbocycles. The number of para-hydroxylation sites is 1. The molecular weight excluding hydrogens is 372 g/mol. The van der Waals surface area contributed by atoms with Crippen molar-refractivity contribution in [2.45, 2.75) is 25.7 Å². The van der Waals surface area contributed by atoms with Crippen LogP contribution in [-0.2, 0) is 19.2 Å². The summed E-state index contributed by atoms with van der Waals surface area (Å²) in [6.07, 6.45) is 1.26. The molecule has 29 heavy (non-hydrogen) atoms. The van der Waals surface area contributed by atoms with E-state index in [1.54, 1.807) is 23.1 Å². The molecule has 3 amide bonds. The van der Waals surface area contributed by atoms with Gasteiger partial charge in [-0.25, -0.2) is 0 Å². The first kappa shape index (κ1) is 18.9. The van der Waals surface area contributed by atoms with E-state index in [9.17, 15) is 19.2 Å². The van der Waals surface area contributed by atoms with Crippen LogP contribution in [-0.4, -0.2) is 30.2 Å². The number of ether oxygens (including phenoxy) is 1. The zero-order valence-corrected chi connectivity index (χ0v) is 15.7. The first-order valence-electron chi connectivity index (χ1n) is 9.56. The van der Waals surface area contributed by atoms with Crippen LogP contribution in [0.1, 0.15) is 25.7 Å². The normalized spacial score (nSPS) is 19.6. The lowest BCUT2D eigenvalue weighted by atomic mass is 10.1. The van der Waals surface area contributed by atoms with E-state index in [-0.39, 0.29) is 36.4 Å². The largest absolute Gasteiger partial charge is 0.426 e. The third-order valence-corrected chi connectivity index (χ3v) is 5.10. The Balaban J connectivity index is 1.46. The van der Waals surface area contributed by atoms with Gasteiger partial charge in [-0.15, -0.1) is 0 Å². The highest BCUT2D eigenvalue weighted by Gasteiger charge is 2.36. The zero-order chi connectivity index (χ0) is 20.4. The summed E-state index contributed by atoms with van der Waals surface area (Å²) in [7, 11) is 0. The molecule has 2 aliphatic heterocycles. The molecule has 0 unspecified atom stereocenters. The van der Waals surface area contributed by atoms with Crippen molar-refractivity contribution in [2.75, 3.05) is 16.3 Å². The number of nitrogens with zero attached hydrogens (tertiary/aromatic N) is 2. The van der Waals surface area contributed by atoms with Gasteiger partial charge in [0, 0.05) is 37.6 Å². The van der Waals surface area contributed by atoms with E-state index in [0.29, 0.717) is 24.9 Å². The summed E-state index contributed by atoms with van der Waals surface area (Å²) in [5.74, 6) is -1.50. The molecule has 0 N–H and O–H groups in total. The second-order valence-corrected chi connectivity index (χ2v) is 7.14. The molecule has 0 bridgehead atoms. The van der Waals surface area contributed by atoms with Crippen LogP contribution in [0.2, 0.25) is 0 Å². The number of rotatable bonds is 4. The first-order chi connectivity index (χ1) is 14.0. The van der Waals surface area contributed by atoms with Gasteiger partial charge in [-0.2, -0.15) is 0 Å². The molecule has 2 heterocycles. The third-order valence-electron chi connectivity index (χ3n) is 5.10. The smallest absolute Gasteiger partial charge is 0.316 e. The highest BCUT2D eigenvalue weighted by molar-refractivity contribution is 6.16. The maximum absolute atomic E-state index is 12.6. The summed E-state index contributed by atoms with van der Waals surface area (Å²) < 4.78 is 5.47. The molecule has 2 aliphatic rings. The molecule has 2 saturated heterocycles. The van der Waals surface area contributed by atoms with Crippen molar-refractivity contribution in [1.82, 2.24) is 0 Å². The summed E-state index contributed by atoms with van der Waals surface area (Å²) in [5, 5.41) is 0. The number of hydrogen-bond acceptors (Lipinski definition) is 5. The van der Waals surface area contributed by atoms with Crippen molar-refractivity contribution < 1.29 is 23.9 Å². The Morgan fingerprint density at radius 2 is 1.55 bits per heavy atom. The van der Waals surface area contributed by atoms with Crippen molar-refractivity contribution in [3.63, 3.8) is 0 Å². The quantitative estimate of drug-likeness (QED) is 0.454. The molecular formula is C22H20N2O5. The minimum atomic E-state index is -0.579. The molecule has 7 heteroatoms. The van der Waals surface area contributed by atoms with Crippen LogP contribution >= 0.6 is 0 Å². The summed E-state index contributed by atoms with van der Waals surface area (Å²) >= 11 is 0. The van der Waals surface area contributed by atoms with Gasteiger partial charge in [0.1, 0.15) is 5.75 Å². The second kappa shape index (κ2) is 7.87. The van der Waals surface area contributed by atoms with Crippen LogP contribution in [0, 0.1) is 5.92 Å². The van der Waals surface area contributed by atoms with Crippen LogP contribution in [0.3, 0.4) is 0 Å². The lowest BCUT2D eigenvalue weighted by Crippen LogP contribution is -2.40. The van der Waals surface area contributed by atoms with Crippen molar-refractivity contribution in [3.05, 3.63) is 54.6 Å². The standard InChI is InChI=1S/C22H20N2O5/c25-19-10-5-11-20(26)24(19)17-8-4-9-18(13-17)29-22(28)15-12-21(27)23(14-15)16-6-2-1-3-7-16/h1-4,6-9,13,15H,5,10-12,14H2/t15-/m1/s1. The summed E-state index contributed by atoms with van der Waals surface area (Å²) in [6.45, 7) is 0.254. The lowest BCUT2D eigenvalue weighted by Gasteiger charge is -2.25. The van der Waals surface area contributed by atoms with Gasteiger partial charge in [0.15, 0.2) is 0 Å². The predicted molar refractivity (Wildman–Crippen MR) is 105 cm³/mol. The molecule has 2 aromatic rings. The highest BCUT2D eigenvalue weighted by atomic mass is 16.5. The van der Waals surface area contributed by atoms with Crippen LogP contribution in [0.4, 0.5) is 11.4 Å². The number of carbonyl (C=O) groups excluding carboxylic acids is 4. The first-order valence-corrected chi connectivity index (χ1v) is 9.56. The Kier molecular flexibility index (Phi) is 5.12. The van der Waals surface area contributed by atoms with Crippen LogP contribution in [0.5, 0.6) is 5.75 Å². The number of benzene rings is 2. The Bertz CT molecular complexity index is 956. The fourth-order valence-electron chi connectivity index (χ4n) is 3.65. The van der Waals surface area contributed by atoms with E-state index in [0.717, 1.165) is 10.6 Å². The number of imide groups is 1. The van der Waals surface area contributed by atoms with E-state index >= 15 is 0 Å². The van der Waals surface area contributed by atoms with Crippen molar-refractivity contribution in [1.29, 1.82) is 0 Å². The van der Waals surface area contributed by atoms with E-state index in [4.69, 9.17) is 4.74 Å². The average molecular weight is 392 g/mol. The minimum Gasteiger partial charge on any atom is -0.426 e. The van der Waals surface area contributed by atoms with Gasteiger partial charge < -0.3 is 9.64 Å². The van der Waals surface area contributed by atoms with E-state index in [2.05, 4.69) is 0 Å². The molecule has 2 fully saturated rings. The number of amides is 3. The van der Waals surface area contributed by atoms with Gasteiger partial charge >= 0.3 is 5.97 Å². The average Bonchev–Trinajstić information content (AvgIpc) is 3.11. The number of hydrogen-bond donors (Lipinski definition) is 0. The van der Waals surface area contributed by atoms with Crippen molar-refractivity contribution >= 4 is 35.1 Å². The number of piperidine rings is 1. The molecule has 7 nitrogen and oxygen atoms in total. The van der Waals surface area contributed by atoms with Gasteiger partial charge in [-0.1, -0.05) is 24.3 Å². The molecule has 0 saturated carbocycles. The molecule has 0 spiro atoms. The van der Waals surface area contributed by atoms with Crippen LogP contribution in [0.25, 0.3) is 0 Å². The maximum atomic E-state index is 12.6. The number of carbonyl (C=O) groups is 4. The zero-order valence-electron chi connectivity index (χ0n) is 15.7.